The van der Waals surface area contributed by atoms with E-state index < -0.39 is 4.92 Å². The highest BCUT2D eigenvalue weighted by Gasteiger charge is 2.30. The minimum absolute atomic E-state index is 0. The van der Waals surface area contributed by atoms with E-state index in [4.69, 9.17) is 0 Å². The van der Waals surface area contributed by atoms with E-state index in [0.29, 0.717) is 23.1 Å². The summed E-state index contributed by atoms with van der Waals surface area (Å²) in [5.74, 6) is 0.654. The SMILES string of the molecule is Cc1cc(C(=O)N2CCC(C3CCCN3)CC2)ccc1[N+](=O)[O-].Cl. The van der Waals surface area contributed by atoms with Crippen LogP contribution in [-0.4, -0.2) is 41.4 Å². The molecule has 1 aromatic carbocycles. The van der Waals surface area contributed by atoms with Crippen LogP contribution in [0.4, 0.5) is 5.69 Å². The number of nitrogens with one attached hydrogen (secondary N) is 1. The smallest absolute Gasteiger partial charge is 0.272 e. The zero-order valence-corrected chi connectivity index (χ0v) is 14.7. The van der Waals surface area contributed by atoms with Gasteiger partial charge in [-0.05, 0) is 57.2 Å². The summed E-state index contributed by atoms with van der Waals surface area (Å²) in [5.41, 5.74) is 1.14. The third-order valence-corrected chi connectivity index (χ3v) is 5.13. The summed E-state index contributed by atoms with van der Waals surface area (Å²) < 4.78 is 0. The van der Waals surface area contributed by atoms with Crippen LogP contribution in [-0.2, 0) is 0 Å². The lowest BCUT2D eigenvalue weighted by Gasteiger charge is -2.35. The Labute approximate surface area is 148 Å². The van der Waals surface area contributed by atoms with E-state index in [1.165, 1.54) is 18.9 Å². The van der Waals surface area contributed by atoms with E-state index in [9.17, 15) is 14.9 Å². The summed E-state index contributed by atoms with van der Waals surface area (Å²) in [7, 11) is 0. The highest BCUT2D eigenvalue weighted by Crippen LogP contribution is 2.27. The minimum Gasteiger partial charge on any atom is -0.339 e. The van der Waals surface area contributed by atoms with Crippen LogP contribution in [0.15, 0.2) is 18.2 Å². The first-order valence-electron chi connectivity index (χ1n) is 8.34. The lowest BCUT2D eigenvalue weighted by Crippen LogP contribution is -2.43. The Bertz CT molecular complexity index is 609. The zero-order valence-electron chi connectivity index (χ0n) is 13.9. The second-order valence-electron chi connectivity index (χ2n) is 6.59. The van der Waals surface area contributed by atoms with Gasteiger partial charge in [-0.1, -0.05) is 0 Å². The standard InChI is InChI=1S/C17H23N3O3.ClH/c1-12-11-14(4-5-16(12)20(22)23)17(21)19-9-6-13(7-10-19)15-3-2-8-18-15;/h4-5,11,13,15,18H,2-3,6-10H2,1H3;1H. The number of piperidine rings is 1. The fourth-order valence-corrected chi connectivity index (χ4v) is 3.79. The molecule has 132 valence electrons. The number of likely N-dealkylation sites (tertiary alicyclic amines) is 1. The van der Waals surface area contributed by atoms with Crippen LogP contribution in [0, 0.1) is 23.0 Å². The molecule has 1 atom stereocenters. The van der Waals surface area contributed by atoms with E-state index in [1.807, 2.05) is 4.90 Å². The van der Waals surface area contributed by atoms with E-state index in [1.54, 1.807) is 19.1 Å². The van der Waals surface area contributed by atoms with E-state index in [2.05, 4.69) is 5.32 Å². The number of nitro groups is 1. The number of amides is 1. The molecule has 0 spiro atoms. The fourth-order valence-electron chi connectivity index (χ4n) is 3.79. The van der Waals surface area contributed by atoms with Gasteiger partial charge in [-0.15, -0.1) is 12.4 Å². The van der Waals surface area contributed by atoms with Crippen molar-refractivity contribution in [2.45, 2.75) is 38.6 Å². The average molecular weight is 354 g/mol. The molecule has 2 saturated heterocycles. The van der Waals surface area contributed by atoms with Crippen molar-refractivity contribution in [1.82, 2.24) is 10.2 Å². The van der Waals surface area contributed by atoms with Crippen molar-refractivity contribution < 1.29 is 9.72 Å². The van der Waals surface area contributed by atoms with Gasteiger partial charge in [0, 0.05) is 36.3 Å². The second-order valence-corrected chi connectivity index (χ2v) is 6.59. The third kappa shape index (κ3) is 3.87. The molecule has 0 aromatic heterocycles. The Morgan fingerprint density at radius 1 is 1.29 bits per heavy atom. The summed E-state index contributed by atoms with van der Waals surface area (Å²) in [6.07, 6.45) is 4.58. The van der Waals surface area contributed by atoms with Crippen molar-refractivity contribution >= 4 is 24.0 Å². The summed E-state index contributed by atoms with van der Waals surface area (Å²) in [4.78, 5) is 24.9. The number of halogens is 1. The average Bonchev–Trinajstić information content (AvgIpc) is 3.08. The van der Waals surface area contributed by atoms with Crippen molar-refractivity contribution in [2.24, 2.45) is 5.92 Å². The largest absolute Gasteiger partial charge is 0.339 e. The van der Waals surface area contributed by atoms with Crippen LogP contribution in [0.3, 0.4) is 0 Å². The van der Waals surface area contributed by atoms with Gasteiger partial charge in [0.1, 0.15) is 0 Å². The van der Waals surface area contributed by atoms with Gasteiger partial charge in [0.2, 0.25) is 0 Å². The lowest BCUT2D eigenvalue weighted by molar-refractivity contribution is -0.385. The highest BCUT2D eigenvalue weighted by atomic mass is 35.5. The molecule has 1 amide bonds. The Hall–Kier alpha value is -1.66. The van der Waals surface area contributed by atoms with Crippen LogP contribution >= 0.6 is 12.4 Å². The molecule has 2 fully saturated rings. The molecule has 1 unspecified atom stereocenters. The molecule has 7 heteroatoms. The van der Waals surface area contributed by atoms with E-state index >= 15 is 0 Å². The van der Waals surface area contributed by atoms with Crippen LogP contribution in [0.2, 0.25) is 0 Å². The van der Waals surface area contributed by atoms with Crippen molar-refractivity contribution in [3.63, 3.8) is 0 Å². The molecule has 0 aliphatic carbocycles. The van der Waals surface area contributed by atoms with E-state index in [-0.39, 0.29) is 24.0 Å². The maximum atomic E-state index is 12.6. The third-order valence-electron chi connectivity index (χ3n) is 5.13. The zero-order chi connectivity index (χ0) is 16.4. The first-order chi connectivity index (χ1) is 11.1. The van der Waals surface area contributed by atoms with Gasteiger partial charge in [-0.3, -0.25) is 14.9 Å². The molecule has 1 aromatic rings. The number of aryl methyl sites for hydroxylation is 1. The number of hydrogen-bond acceptors (Lipinski definition) is 4. The second kappa shape index (κ2) is 7.94. The predicted molar refractivity (Wildman–Crippen MR) is 94.7 cm³/mol. The van der Waals surface area contributed by atoms with Gasteiger partial charge in [0.15, 0.2) is 0 Å². The number of nitrogens with zero attached hydrogens (tertiary/aromatic N) is 2. The van der Waals surface area contributed by atoms with Crippen LogP contribution in [0.5, 0.6) is 0 Å². The molecule has 24 heavy (non-hydrogen) atoms. The van der Waals surface area contributed by atoms with Crippen molar-refractivity contribution in [2.75, 3.05) is 19.6 Å². The Morgan fingerprint density at radius 2 is 2.00 bits per heavy atom. The van der Waals surface area contributed by atoms with Gasteiger partial charge in [-0.25, -0.2) is 0 Å². The molecular weight excluding hydrogens is 330 g/mol. The quantitative estimate of drug-likeness (QED) is 0.669. The highest BCUT2D eigenvalue weighted by molar-refractivity contribution is 5.94. The van der Waals surface area contributed by atoms with Gasteiger partial charge < -0.3 is 10.2 Å². The number of nitro benzene ring substituents is 1. The molecule has 1 N–H and O–H groups in total. The monoisotopic (exact) mass is 353 g/mol. The van der Waals surface area contributed by atoms with Crippen LogP contribution in [0.25, 0.3) is 0 Å². The summed E-state index contributed by atoms with van der Waals surface area (Å²) in [6.45, 7) is 4.34. The first-order valence-corrected chi connectivity index (χ1v) is 8.34. The molecule has 0 bridgehead atoms. The molecule has 2 aliphatic rings. The topological polar surface area (TPSA) is 75.5 Å². The number of carbonyl (C=O) groups excluding carboxylic acids is 1. The minimum atomic E-state index is -0.413. The van der Waals surface area contributed by atoms with E-state index in [0.717, 1.165) is 32.5 Å². The predicted octanol–water partition coefficient (Wildman–Crippen LogP) is 2.93. The van der Waals surface area contributed by atoms with Crippen molar-refractivity contribution in [1.29, 1.82) is 0 Å². The maximum absolute atomic E-state index is 12.6. The van der Waals surface area contributed by atoms with Gasteiger partial charge >= 0.3 is 0 Å². The number of hydrogen-bond donors (Lipinski definition) is 1. The Kier molecular flexibility index (Phi) is 6.18. The molecule has 0 saturated carbocycles. The number of rotatable bonds is 3. The van der Waals surface area contributed by atoms with Crippen LogP contribution < -0.4 is 5.32 Å². The molecule has 3 rings (SSSR count). The number of carbonyl (C=O) groups is 1. The Balaban J connectivity index is 0.00000208. The Morgan fingerprint density at radius 3 is 2.54 bits per heavy atom. The molecular formula is C17H24ClN3O3. The first kappa shape index (κ1) is 18.7. The molecule has 2 heterocycles. The molecule has 6 nitrogen and oxygen atoms in total. The van der Waals surface area contributed by atoms with Gasteiger partial charge in [-0.2, -0.15) is 0 Å². The number of benzene rings is 1. The van der Waals surface area contributed by atoms with Gasteiger partial charge in [0.25, 0.3) is 11.6 Å². The summed E-state index contributed by atoms with van der Waals surface area (Å²) in [5, 5.41) is 14.4. The molecule has 2 aliphatic heterocycles. The normalized spacial score (nSPS) is 21.4. The summed E-state index contributed by atoms with van der Waals surface area (Å²) >= 11 is 0. The van der Waals surface area contributed by atoms with Crippen molar-refractivity contribution in [3.8, 4) is 0 Å². The molecule has 0 radical (unpaired) electrons. The fraction of sp³-hybridized carbons (Fsp3) is 0.588. The van der Waals surface area contributed by atoms with Crippen LogP contribution in [0.1, 0.15) is 41.6 Å². The lowest BCUT2D eigenvalue weighted by atomic mass is 9.88. The van der Waals surface area contributed by atoms with Crippen molar-refractivity contribution in [3.05, 3.63) is 39.4 Å². The van der Waals surface area contributed by atoms with Gasteiger partial charge in [0.05, 0.1) is 4.92 Å². The maximum Gasteiger partial charge on any atom is 0.272 e. The summed E-state index contributed by atoms with van der Waals surface area (Å²) in [6, 6.07) is 5.25.